The van der Waals surface area contributed by atoms with E-state index in [1.165, 1.54) is 4.90 Å². The van der Waals surface area contributed by atoms with Crippen LogP contribution in [-0.4, -0.2) is 29.8 Å². The maximum absolute atomic E-state index is 10.7. The normalized spacial score (nSPS) is 30.5. The van der Waals surface area contributed by atoms with Crippen molar-refractivity contribution in [1.82, 2.24) is 4.90 Å². The molecule has 1 fully saturated rings. The number of hydrogen-bond acceptors (Lipinski definition) is 2. The molecule has 62 valence electrons. The van der Waals surface area contributed by atoms with E-state index >= 15 is 0 Å². The molecule has 4 nitrogen and oxygen atoms in total. The molecule has 0 aliphatic carbocycles. The smallest absolute Gasteiger partial charge is 0.240 e. The van der Waals surface area contributed by atoms with E-state index in [1.807, 2.05) is 6.92 Å². The predicted molar refractivity (Wildman–Crippen MR) is 39.5 cm³/mol. The number of carbonyl (C=O) groups is 2. The van der Waals surface area contributed by atoms with Crippen LogP contribution in [0.3, 0.4) is 0 Å². The van der Waals surface area contributed by atoms with Crippen LogP contribution in [0.25, 0.3) is 0 Å². The van der Waals surface area contributed by atoms with Crippen LogP contribution in [-0.2, 0) is 9.59 Å². The molecule has 1 aliphatic heterocycles. The number of nitrogens with two attached hydrogens (primary N) is 1. The lowest BCUT2D eigenvalue weighted by Crippen LogP contribution is -2.39. The van der Waals surface area contributed by atoms with E-state index in [1.54, 1.807) is 0 Å². The fourth-order valence-corrected chi connectivity index (χ4v) is 1.47. The standard InChI is InChI=1S/C7H12N2O2/c1-5-2-6(7(8)11)9(3-5)4-10/h4-6H,2-3H2,1H3,(H2,8,11)/t5?,6-/m0/s1. The highest BCUT2D eigenvalue weighted by Crippen LogP contribution is 2.20. The lowest BCUT2D eigenvalue weighted by Gasteiger charge is -2.15. The van der Waals surface area contributed by atoms with E-state index in [4.69, 9.17) is 5.73 Å². The Kier molecular flexibility index (Phi) is 2.12. The van der Waals surface area contributed by atoms with Crippen LogP contribution in [0.1, 0.15) is 13.3 Å². The molecule has 1 unspecified atom stereocenters. The fraction of sp³-hybridized carbons (Fsp3) is 0.714. The number of likely N-dealkylation sites (tertiary alicyclic amines) is 1. The van der Waals surface area contributed by atoms with Crippen molar-refractivity contribution >= 4 is 12.3 Å². The SMILES string of the molecule is CC1C[C@@H](C(N)=O)N(C=O)C1. The minimum atomic E-state index is -0.401. The first-order valence-electron chi connectivity index (χ1n) is 3.65. The van der Waals surface area contributed by atoms with Crippen molar-refractivity contribution in [3.05, 3.63) is 0 Å². The van der Waals surface area contributed by atoms with E-state index in [-0.39, 0.29) is 6.04 Å². The minimum absolute atomic E-state index is 0.373. The molecule has 1 rings (SSSR count). The molecule has 4 heteroatoms. The summed E-state index contributed by atoms with van der Waals surface area (Å²) in [4.78, 5) is 22.6. The highest BCUT2D eigenvalue weighted by molar-refractivity contribution is 5.82. The van der Waals surface area contributed by atoms with Gasteiger partial charge < -0.3 is 10.6 Å². The Hall–Kier alpha value is -1.06. The highest BCUT2D eigenvalue weighted by atomic mass is 16.2. The summed E-state index contributed by atoms with van der Waals surface area (Å²) in [6.45, 7) is 2.65. The van der Waals surface area contributed by atoms with Gasteiger partial charge in [0, 0.05) is 6.54 Å². The third kappa shape index (κ3) is 1.50. The first-order chi connectivity index (χ1) is 5.15. The van der Waals surface area contributed by atoms with Gasteiger partial charge in [-0.15, -0.1) is 0 Å². The van der Waals surface area contributed by atoms with Gasteiger partial charge in [-0.1, -0.05) is 6.92 Å². The average molecular weight is 156 g/mol. The van der Waals surface area contributed by atoms with Crippen molar-refractivity contribution in [3.63, 3.8) is 0 Å². The van der Waals surface area contributed by atoms with Gasteiger partial charge >= 0.3 is 0 Å². The van der Waals surface area contributed by atoms with E-state index in [0.717, 1.165) is 0 Å². The molecule has 0 radical (unpaired) electrons. The van der Waals surface area contributed by atoms with Crippen molar-refractivity contribution in [2.45, 2.75) is 19.4 Å². The topological polar surface area (TPSA) is 63.4 Å². The van der Waals surface area contributed by atoms with Gasteiger partial charge in [0.25, 0.3) is 0 Å². The molecule has 0 spiro atoms. The third-order valence-corrected chi connectivity index (χ3v) is 2.01. The van der Waals surface area contributed by atoms with Crippen LogP contribution >= 0.6 is 0 Å². The zero-order valence-electron chi connectivity index (χ0n) is 6.49. The average Bonchev–Trinajstić information content (AvgIpc) is 2.30. The first kappa shape index (κ1) is 8.04. The second kappa shape index (κ2) is 2.90. The quantitative estimate of drug-likeness (QED) is 0.539. The van der Waals surface area contributed by atoms with Gasteiger partial charge in [0.15, 0.2) is 0 Å². The molecule has 2 amide bonds. The molecule has 0 aromatic carbocycles. The largest absolute Gasteiger partial charge is 0.368 e. The molecule has 0 bridgehead atoms. The van der Waals surface area contributed by atoms with Crippen LogP contribution in [0.5, 0.6) is 0 Å². The molecule has 1 aliphatic rings. The number of amides is 2. The summed E-state index contributed by atoms with van der Waals surface area (Å²) < 4.78 is 0. The van der Waals surface area contributed by atoms with Crippen molar-refractivity contribution in [2.75, 3.05) is 6.54 Å². The Morgan fingerprint density at radius 3 is 2.73 bits per heavy atom. The summed E-state index contributed by atoms with van der Waals surface area (Å²) in [5.41, 5.74) is 5.09. The minimum Gasteiger partial charge on any atom is -0.368 e. The van der Waals surface area contributed by atoms with Crippen LogP contribution in [0, 0.1) is 5.92 Å². The van der Waals surface area contributed by atoms with Gasteiger partial charge in [-0.3, -0.25) is 9.59 Å². The maximum atomic E-state index is 10.7. The third-order valence-electron chi connectivity index (χ3n) is 2.01. The molecule has 2 atom stereocenters. The molecule has 0 aromatic rings. The summed E-state index contributed by atoms with van der Waals surface area (Å²) in [5.74, 6) is -0.0147. The summed E-state index contributed by atoms with van der Waals surface area (Å²) in [6.07, 6.45) is 1.40. The zero-order valence-corrected chi connectivity index (χ0v) is 6.49. The number of carbonyl (C=O) groups excluding carboxylic acids is 2. The van der Waals surface area contributed by atoms with Crippen molar-refractivity contribution in [1.29, 1.82) is 0 Å². The van der Waals surface area contributed by atoms with Crippen LogP contribution < -0.4 is 5.73 Å². The first-order valence-corrected chi connectivity index (χ1v) is 3.65. The summed E-state index contributed by atoms with van der Waals surface area (Å²) >= 11 is 0. The van der Waals surface area contributed by atoms with E-state index in [0.29, 0.717) is 25.3 Å². The van der Waals surface area contributed by atoms with Crippen LogP contribution in [0.4, 0.5) is 0 Å². The Morgan fingerprint density at radius 1 is 1.73 bits per heavy atom. The second-order valence-electron chi connectivity index (χ2n) is 3.06. The van der Waals surface area contributed by atoms with Crippen LogP contribution in [0.15, 0.2) is 0 Å². The number of primary amides is 1. The van der Waals surface area contributed by atoms with Crippen molar-refractivity contribution < 1.29 is 9.59 Å². The molecule has 0 aromatic heterocycles. The van der Waals surface area contributed by atoms with Crippen LogP contribution in [0.2, 0.25) is 0 Å². The summed E-state index contributed by atoms with van der Waals surface area (Å²) in [5, 5.41) is 0. The van der Waals surface area contributed by atoms with Crippen molar-refractivity contribution in [2.24, 2.45) is 11.7 Å². The molecular weight excluding hydrogens is 144 g/mol. The van der Waals surface area contributed by atoms with E-state index in [2.05, 4.69) is 0 Å². The van der Waals surface area contributed by atoms with Gasteiger partial charge in [0.1, 0.15) is 6.04 Å². The molecule has 0 saturated carbocycles. The number of rotatable bonds is 2. The van der Waals surface area contributed by atoms with Gasteiger partial charge in [-0.05, 0) is 12.3 Å². The lowest BCUT2D eigenvalue weighted by atomic mass is 10.1. The molecule has 11 heavy (non-hydrogen) atoms. The number of hydrogen-bond donors (Lipinski definition) is 1. The van der Waals surface area contributed by atoms with Gasteiger partial charge in [0.05, 0.1) is 0 Å². The summed E-state index contributed by atoms with van der Waals surface area (Å²) in [6, 6.07) is -0.373. The summed E-state index contributed by atoms with van der Waals surface area (Å²) in [7, 11) is 0. The van der Waals surface area contributed by atoms with E-state index in [9.17, 15) is 9.59 Å². The Balaban J connectivity index is 2.64. The monoisotopic (exact) mass is 156 g/mol. The second-order valence-corrected chi connectivity index (χ2v) is 3.06. The fourth-order valence-electron chi connectivity index (χ4n) is 1.47. The Labute approximate surface area is 65.3 Å². The molecule has 1 heterocycles. The lowest BCUT2D eigenvalue weighted by molar-refractivity contribution is -0.128. The number of nitrogens with zero attached hydrogens (tertiary/aromatic N) is 1. The van der Waals surface area contributed by atoms with Gasteiger partial charge in [-0.2, -0.15) is 0 Å². The predicted octanol–water partition coefficient (Wildman–Crippen LogP) is -0.662. The molecule has 1 saturated heterocycles. The maximum Gasteiger partial charge on any atom is 0.240 e. The zero-order chi connectivity index (χ0) is 8.43. The van der Waals surface area contributed by atoms with Crippen molar-refractivity contribution in [3.8, 4) is 0 Å². The van der Waals surface area contributed by atoms with E-state index < -0.39 is 5.91 Å². The Bertz CT molecular complexity index is 181. The van der Waals surface area contributed by atoms with Gasteiger partial charge in [-0.25, -0.2) is 0 Å². The highest BCUT2D eigenvalue weighted by Gasteiger charge is 2.32. The van der Waals surface area contributed by atoms with Gasteiger partial charge in [0.2, 0.25) is 12.3 Å². The molecule has 2 N–H and O–H groups in total. The Morgan fingerprint density at radius 2 is 2.36 bits per heavy atom. The molecular formula is C7H12N2O2.